The molecule has 1 amide bonds. The molecule has 1 atom stereocenters. The van der Waals surface area contributed by atoms with Crippen molar-refractivity contribution in [2.45, 2.75) is 58.4 Å². The van der Waals surface area contributed by atoms with Crippen molar-refractivity contribution in [3.8, 4) is 11.4 Å². The molecule has 6 nitrogen and oxygen atoms in total. The van der Waals surface area contributed by atoms with Gasteiger partial charge in [-0.3, -0.25) is 9.89 Å². The highest BCUT2D eigenvalue weighted by Crippen LogP contribution is 2.32. The second-order valence-electron chi connectivity index (χ2n) is 7.25. The monoisotopic (exact) mass is 391 g/mol. The zero-order chi connectivity index (χ0) is 18.4. The van der Waals surface area contributed by atoms with Crippen LogP contribution in [0, 0.1) is 11.8 Å². The molecule has 1 fully saturated rings. The van der Waals surface area contributed by atoms with Gasteiger partial charge in [0.25, 0.3) is 0 Å². The van der Waals surface area contributed by atoms with Crippen molar-refractivity contribution < 1.29 is 4.79 Å². The number of carbonyl (C=O) groups excluding carboxylic acids is 1. The van der Waals surface area contributed by atoms with Crippen LogP contribution in [0.4, 0.5) is 5.69 Å². The zero-order valence-corrected chi connectivity index (χ0v) is 16.7. The van der Waals surface area contributed by atoms with Gasteiger partial charge >= 0.3 is 0 Å². The average molecular weight is 392 g/mol. The molecule has 0 bridgehead atoms. The molecule has 0 aliphatic heterocycles. The summed E-state index contributed by atoms with van der Waals surface area (Å²) in [6.07, 6.45) is 8.22. The van der Waals surface area contributed by atoms with Crippen molar-refractivity contribution in [1.29, 1.82) is 0 Å². The fourth-order valence-electron chi connectivity index (χ4n) is 3.82. The number of anilines is 1. The minimum atomic E-state index is 0. The van der Waals surface area contributed by atoms with Crippen LogP contribution in [-0.4, -0.2) is 21.1 Å². The summed E-state index contributed by atoms with van der Waals surface area (Å²) in [5, 5.41) is 10.1. The maximum absolute atomic E-state index is 12.7. The summed E-state index contributed by atoms with van der Waals surface area (Å²) in [5.74, 6) is 2.26. The molecule has 1 aromatic carbocycles. The van der Waals surface area contributed by atoms with Gasteiger partial charge in [0.15, 0.2) is 5.82 Å². The van der Waals surface area contributed by atoms with Crippen LogP contribution in [0.1, 0.15) is 57.7 Å². The van der Waals surface area contributed by atoms with Gasteiger partial charge in [-0.2, -0.15) is 5.10 Å². The van der Waals surface area contributed by atoms with Crippen LogP contribution in [0.15, 0.2) is 24.3 Å². The van der Waals surface area contributed by atoms with E-state index in [2.05, 4.69) is 27.4 Å². The Kier molecular flexibility index (Phi) is 8.25. The van der Waals surface area contributed by atoms with Gasteiger partial charge in [0.05, 0.1) is 6.54 Å². The SMILES string of the molecule is CCCC(CC1CCCC1)C(=O)Nc1ccc(-c2n[nH]c(CN)n2)cc1.Cl. The smallest absolute Gasteiger partial charge is 0.227 e. The summed E-state index contributed by atoms with van der Waals surface area (Å²) in [7, 11) is 0. The first-order valence-corrected chi connectivity index (χ1v) is 9.72. The molecule has 0 spiro atoms. The molecule has 1 heterocycles. The average Bonchev–Trinajstić information content (AvgIpc) is 3.33. The quantitative estimate of drug-likeness (QED) is 0.625. The van der Waals surface area contributed by atoms with Crippen LogP contribution in [0.2, 0.25) is 0 Å². The largest absolute Gasteiger partial charge is 0.326 e. The first kappa shape index (κ1) is 21.4. The zero-order valence-electron chi connectivity index (χ0n) is 15.9. The molecule has 27 heavy (non-hydrogen) atoms. The third kappa shape index (κ3) is 5.78. The van der Waals surface area contributed by atoms with Gasteiger partial charge in [0, 0.05) is 17.2 Å². The van der Waals surface area contributed by atoms with Gasteiger partial charge in [-0.25, -0.2) is 4.98 Å². The van der Waals surface area contributed by atoms with Crippen molar-refractivity contribution in [2.24, 2.45) is 17.6 Å². The van der Waals surface area contributed by atoms with E-state index in [1.54, 1.807) is 0 Å². The van der Waals surface area contributed by atoms with E-state index in [1.807, 2.05) is 24.3 Å². The number of nitrogens with zero attached hydrogens (tertiary/aromatic N) is 2. The van der Waals surface area contributed by atoms with Gasteiger partial charge in [-0.05, 0) is 43.0 Å². The molecule has 7 heteroatoms. The summed E-state index contributed by atoms with van der Waals surface area (Å²) < 4.78 is 0. The van der Waals surface area contributed by atoms with Gasteiger partial charge in [-0.1, -0.05) is 39.0 Å². The Morgan fingerprint density at radius 1 is 1.30 bits per heavy atom. The maximum atomic E-state index is 12.7. The molecule has 0 saturated heterocycles. The topological polar surface area (TPSA) is 96.7 Å². The summed E-state index contributed by atoms with van der Waals surface area (Å²) in [6, 6.07) is 7.66. The minimum absolute atomic E-state index is 0. The van der Waals surface area contributed by atoms with Crippen LogP contribution < -0.4 is 11.1 Å². The molecule has 0 radical (unpaired) electrons. The molecule has 148 valence electrons. The van der Waals surface area contributed by atoms with E-state index in [9.17, 15) is 4.79 Å². The predicted molar refractivity (Wildman–Crippen MR) is 111 cm³/mol. The first-order chi connectivity index (χ1) is 12.7. The third-order valence-corrected chi connectivity index (χ3v) is 5.24. The maximum Gasteiger partial charge on any atom is 0.227 e. The van der Waals surface area contributed by atoms with Crippen LogP contribution in [0.25, 0.3) is 11.4 Å². The number of nitrogens with two attached hydrogens (primary N) is 1. The molecule has 1 saturated carbocycles. The number of aromatic nitrogens is 3. The number of benzene rings is 1. The number of amides is 1. The predicted octanol–water partition coefficient (Wildman–Crippen LogP) is 4.29. The number of halogens is 1. The van der Waals surface area contributed by atoms with Crippen LogP contribution in [0.5, 0.6) is 0 Å². The molecule has 3 rings (SSSR count). The lowest BCUT2D eigenvalue weighted by molar-refractivity contribution is -0.120. The van der Waals surface area contributed by atoms with Gasteiger partial charge in [-0.15, -0.1) is 12.4 Å². The Bertz CT molecular complexity index is 709. The molecular weight excluding hydrogens is 362 g/mol. The normalized spacial score (nSPS) is 15.3. The highest BCUT2D eigenvalue weighted by Gasteiger charge is 2.24. The lowest BCUT2D eigenvalue weighted by Crippen LogP contribution is -2.24. The van der Waals surface area contributed by atoms with Crippen LogP contribution in [-0.2, 0) is 11.3 Å². The molecule has 1 aromatic heterocycles. The van der Waals surface area contributed by atoms with Crippen molar-refractivity contribution in [3.05, 3.63) is 30.1 Å². The lowest BCUT2D eigenvalue weighted by Gasteiger charge is -2.19. The van der Waals surface area contributed by atoms with E-state index < -0.39 is 0 Å². The highest BCUT2D eigenvalue weighted by molar-refractivity contribution is 5.92. The fraction of sp³-hybridized carbons (Fsp3) is 0.550. The summed E-state index contributed by atoms with van der Waals surface area (Å²) in [5.41, 5.74) is 7.27. The van der Waals surface area contributed by atoms with E-state index in [-0.39, 0.29) is 24.2 Å². The highest BCUT2D eigenvalue weighted by atomic mass is 35.5. The van der Waals surface area contributed by atoms with Gasteiger partial charge < -0.3 is 11.1 Å². The van der Waals surface area contributed by atoms with Gasteiger partial charge in [0.2, 0.25) is 5.91 Å². The van der Waals surface area contributed by atoms with E-state index in [0.29, 0.717) is 18.2 Å². The number of nitrogens with one attached hydrogen (secondary N) is 2. The molecule has 4 N–H and O–H groups in total. The molecule has 1 aliphatic rings. The first-order valence-electron chi connectivity index (χ1n) is 9.72. The Balaban J connectivity index is 0.00000261. The van der Waals surface area contributed by atoms with E-state index in [1.165, 1.54) is 25.7 Å². The van der Waals surface area contributed by atoms with Gasteiger partial charge in [0.1, 0.15) is 5.82 Å². The Hall–Kier alpha value is -1.92. The minimum Gasteiger partial charge on any atom is -0.326 e. The van der Waals surface area contributed by atoms with Crippen molar-refractivity contribution >= 4 is 24.0 Å². The van der Waals surface area contributed by atoms with Crippen molar-refractivity contribution in [3.63, 3.8) is 0 Å². The van der Waals surface area contributed by atoms with E-state index in [4.69, 9.17) is 5.73 Å². The standard InChI is InChI=1S/C20H29N5O.ClH/c1-2-5-16(12-14-6-3-4-7-14)20(26)22-17-10-8-15(9-11-17)19-23-18(13-21)24-25-19;/h8-11,14,16H,2-7,12-13,21H2,1H3,(H,22,26)(H,23,24,25);1H. The third-order valence-electron chi connectivity index (χ3n) is 5.24. The Morgan fingerprint density at radius 2 is 2.00 bits per heavy atom. The molecular formula is C20H30ClN5O. The number of rotatable bonds is 8. The van der Waals surface area contributed by atoms with Crippen molar-refractivity contribution in [2.75, 3.05) is 5.32 Å². The molecule has 1 aliphatic carbocycles. The number of hydrogen-bond donors (Lipinski definition) is 3. The molecule has 2 aromatic rings. The number of hydrogen-bond acceptors (Lipinski definition) is 4. The number of carbonyl (C=O) groups is 1. The van der Waals surface area contributed by atoms with Crippen LogP contribution in [0.3, 0.4) is 0 Å². The number of H-pyrrole nitrogens is 1. The summed E-state index contributed by atoms with van der Waals surface area (Å²) >= 11 is 0. The Morgan fingerprint density at radius 3 is 2.59 bits per heavy atom. The number of aromatic amines is 1. The lowest BCUT2D eigenvalue weighted by atomic mass is 9.89. The summed E-state index contributed by atoms with van der Waals surface area (Å²) in [6.45, 7) is 2.48. The Labute approximate surface area is 167 Å². The second kappa shape index (κ2) is 10.4. The van der Waals surface area contributed by atoms with E-state index >= 15 is 0 Å². The van der Waals surface area contributed by atoms with Crippen LogP contribution >= 0.6 is 12.4 Å². The summed E-state index contributed by atoms with van der Waals surface area (Å²) in [4.78, 5) is 17.1. The van der Waals surface area contributed by atoms with E-state index in [0.717, 1.165) is 36.4 Å². The fourth-order valence-corrected chi connectivity index (χ4v) is 3.82. The molecule has 1 unspecified atom stereocenters. The van der Waals surface area contributed by atoms with Crippen molar-refractivity contribution in [1.82, 2.24) is 15.2 Å². The second-order valence-corrected chi connectivity index (χ2v) is 7.25.